The molecule has 0 amide bonds. The molecule has 3 heteroatoms. The van der Waals surface area contributed by atoms with Crippen LogP contribution in [0, 0.1) is 5.92 Å². The lowest BCUT2D eigenvalue weighted by molar-refractivity contribution is 0.180. The predicted octanol–water partition coefficient (Wildman–Crippen LogP) is 3.21. The van der Waals surface area contributed by atoms with E-state index in [0.717, 1.165) is 28.4 Å². The maximum absolute atomic E-state index is 5.75. The van der Waals surface area contributed by atoms with Crippen LogP contribution in [-0.4, -0.2) is 6.61 Å². The van der Waals surface area contributed by atoms with Crippen molar-refractivity contribution in [1.82, 2.24) is 0 Å². The lowest BCUT2D eigenvalue weighted by atomic mass is 9.86. The number of halogens is 1. The van der Waals surface area contributed by atoms with E-state index in [4.69, 9.17) is 10.5 Å². The molecule has 1 saturated carbocycles. The summed E-state index contributed by atoms with van der Waals surface area (Å²) in [6.45, 7) is 0.821. The molecular weight excluding hydrogens is 242 g/mol. The fraction of sp³-hybridized carbons (Fsp3) is 0.455. The van der Waals surface area contributed by atoms with Gasteiger partial charge in [0.25, 0.3) is 0 Å². The van der Waals surface area contributed by atoms with Gasteiger partial charge in [0.15, 0.2) is 0 Å². The van der Waals surface area contributed by atoms with Crippen LogP contribution in [0.1, 0.15) is 19.3 Å². The summed E-state index contributed by atoms with van der Waals surface area (Å²) in [7, 11) is 0. The van der Waals surface area contributed by atoms with E-state index in [1.54, 1.807) is 0 Å². The summed E-state index contributed by atoms with van der Waals surface area (Å²) in [6, 6.07) is 5.72. The van der Waals surface area contributed by atoms with Gasteiger partial charge in [0, 0.05) is 5.69 Å². The van der Waals surface area contributed by atoms with Crippen LogP contribution in [0.5, 0.6) is 5.75 Å². The summed E-state index contributed by atoms with van der Waals surface area (Å²) >= 11 is 3.42. The van der Waals surface area contributed by atoms with Gasteiger partial charge in [-0.2, -0.15) is 0 Å². The molecule has 1 aliphatic rings. The quantitative estimate of drug-likeness (QED) is 0.843. The summed E-state index contributed by atoms with van der Waals surface area (Å²) in [6.07, 6.45) is 3.96. The summed E-state index contributed by atoms with van der Waals surface area (Å²) in [5.74, 6) is 1.61. The lowest BCUT2D eigenvalue weighted by Crippen LogP contribution is -2.19. The first kappa shape index (κ1) is 9.84. The van der Waals surface area contributed by atoms with Crippen molar-refractivity contribution in [3.63, 3.8) is 0 Å². The number of rotatable bonds is 3. The Bertz CT molecular complexity index is 323. The van der Waals surface area contributed by atoms with Crippen molar-refractivity contribution in [3.8, 4) is 5.75 Å². The molecule has 76 valence electrons. The van der Waals surface area contributed by atoms with Gasteiger partial charge in [-0.1, -0.05) is 12.5 Å². The number of hydrogen-bond acceptors (Lipinski definition) is 2. The molecule has 0 atom stereocenters. The normalized spacial score (nSPS) is 16.4. The molecule has 1 fully saturated rings. The Morgan fingerprint density at radius 2 is 2.21 bits per heavy atom. The molecule has 0 saturated heterocycles. The molecule has 2 N–H and O–H groups in total. The van der Waals surface area contributed by atoms with Crippen LogP contribution < -0.4 is 10.5 Å². The zero-order chi connectivity index (χ0) is 9.97. The third-order valence-corrected chi connectivity index (χ3v) is 3.54. The second kappa shape index (κ2) is 4.22. The van der Waals surface area contributed by atoms with Crippen LogP contribution >= 0.6 is 15.9 Å². The smallest absolute Gasteiger partial charge is 0.135 e. The monoisotopic (exact) mass is 255 g/mol. The van der Waals surface area contributed by atoms with E-state index in [0.29, 0.717) is 0 Å². The standard InChI is InChI=1S/C11H14BrNO/c12-11-9(13)5-2-6-10(11)14-7-8-3-1-4-8/h2,5-6,8H,1,3-4,7,13H2. The number of benzene rings is 1. The fourth-order valence-electron chi connectivity index (χ4n) is 1.51. The van der Waals surface area contributed by atoms with E-state index in [-0.39, 0.29) is 0 Å². The number of nitrogens with two attached hydrogens (primary N) is 1. The molecule has 1 aromatic rings. The van der Waals surface area contributed by atoms with Gasteiger partial charge in [-0.3, -0.25) is 0 Å². The highest BCUT2D eigenvalue weighted by Crippen LogP contribution is 2.32. The summed E-state index contributed by atoms with van der Waals surface area (Å²) in [5, 5.41) is 0. The molecule has 0 radical (unpaired) electrons. The van der Waals surface area contributed by atoms with E-state index in [9.17, 15) is 0 Å². The van der Waals surface area contributed by atoms with Crippen LogP contribution in [0.4, 0.5) is 5.69 Å². The van der Waals surface area contributed by atoms with E-state index in [1.807, 2.05) is 18.2 Å². The van der Waals surface area contributed by atoms with E-state index in [2.05, 4.69) is 15.9 Å². The predicted molar refractivity (Wildman–Crippen MR) is 61.4 cm³/mol. The Hall–Kier alpha value is -0.700. The van der Waals surface area contributed by atoms with Gasteiger partial charge in [0.1, 0.15) is 5.75 Å². The van der Waals surface area contributed by atoms with Crippen molar-refractivity contribution in [2.45, 2.75) is 19.3 Å². The first-order chi connectivity index (χ1) is 6.77. The zero-order valence-corrected chi connectivity index (χ0v) is 9.59. The van der Waals surface area contributed by atoms with Crippen molar-refractivity contribution in [2.75, 3.05) is 12.3 Å². The van der Waals surface area contributed by atoms with Crippen molar-refractivity contribution in [3.05, 3.63) is 22.7 Å². The largest absolute Gasteiger partial charge is 0.492 e. The van der Waals surface area contributed by atoms with Crippen LogP contribution in [0.25, 0.3) is 0 Å². The first-order valence-electron chi connectivity index (χ1n) is 4.94. The molecule has 0 heterocycles. The van der Waals surface area contributed by atoms with Gasteiger partial charge < -0.3 is 10.5 Å². The molecule has 14 heavy (non-hydrogen) atoms. The lowest BCUT2D eigenvalue weighted by Gasteiger charge is -2.25. The van der Waals surface area contributed by atoms with E-state index < -0.39 is 0 Å². The van der Waals surface area contributed by atoms with Crippen LogP contribution in [0.3, 0.4) is 0 Å². The highest BCUT2D eigenvalue weighted by atomic mass is 79.9. The summed E-state index contributed by atoms with van der Waals surface area (Å²) in [5.41, 5.74) is 6.48. The Morgan fingerprint density at radius 3 is 2.86 bits per heavy atom. The fourth-order valence-corrected chi connectivity index (χ4v) is 1.89. The Kier molecular flexibility index (Phi) is 2.96. The van der Waals surface area contributed by atoms with Crippen LogP contribution in [0.2, 0.25) is 0 Å². The van der Waals surface area contributed by atoms with Gasteiger partial charge >= 0.3 is 0 Å². The van der Waals surface area contributed by atoms with Crippen molar-refractivity contribution in [2.24, 2.45) is 5.92 Å². The molecule has 0 bridgehead atoms. The van der Waals surface area contributed by atoms with Crippen LogP contribution in [-0.2, 0) is 0 Å². The molecule has 2 nitrogen and oxygen atoms in total. The maximum Gasteiger partial charge on any atom is 0.135 e. The van der Waals surface area contributed by atoms with Crippen molar-refractivity contribution in [1.29, 1.82) is 0 Å². The van der Waals surface area contributed by atoms with Gasteiger partial charge in [-0.05, 0) is 46.8 Å². The van der Waals surface area contributed by atoms with Gasteiger partial charge in [-0.25, -0.2) is 0 Å². The average Bonchev–Trinajstić information content (AvgIpc) is 2.09. The minimum absolute atomic E-state index is 0.733. The molecular formula is C11H14BrNO. The molecule has 1 aliphatic carbocycles. The minimum Gasteiger partial charge on any atom is -0.492 e. The summed E-state index contributed by atoms with van der Waals surface area (Å²) < 4.78 is 6.57. The molecule has 2 rings (SSSR count). The third kappa shape index (κ3) is 2.03. The molecule has 0 spiro atoms. The number of anilines is 1. The first-order valence-corrected chi connectivity index (χ1v) is 5.73. The molecule has 0 aromatic heterocycles. The average molecular weight is 256 g/mol. The highest BCUT2D eigenvalue weighted by Gasteiger charge is 2.18. The highest BCUT2D eigenvalue weighted by molar-refractivity contribution is 9.10. The Morgan fingerprint density at radius 1 is 1.43 bits per heavy atom. The Labute approximate surface area is 92.6 Å². The van der Waals surface area contributed by atoms with E-state index >= 15 is 0 Å². The van der Waals surface area contributed by atoms with Crippen molar-refractivity contribution >= 4 is 21.6 Å². The topological polar surface area (TPSA) is 35.2 Å². The number of hydrogen-bond donors (Lipinski definition) is 1. The summed E-state index contributed by atoms with van der Waals surface area (Å²) in [4.78, 5) is 0. The van der Waals surface area contributed by atoms with Crippen LogP contribution in [0.15, 0.2) is 22.7 Å². The van der Waals surface area contributed by atoms with E-state index in [1.165, 1.54) is 19.3 Å². The zero-order valence-electron chi connectivity index (χ0n) is 8.00. The Balaban J connectivity index is 1.97. The van der Waals surface area contributed by atoms with Crippen molar-refractivity contribution < 1.29 is 4.74 Å². The maximum atomic E-state index is 5.75. The van der Waals surface area contributed by atoms with Gasteiger partial charge in [0.2, 0.25) is 0 Å². The second-order valence-electron chi connectivity index (χ2n) is 3.77. The third-order valence-electron chi connectivity index (χ3n) is 2.69. The van der Waals surface area contributed by atoms with Gasteiger partial charge in [0.05, 0.1) is 11.1 Å². The minimum atomic E-state index is 0.733. The molecule has 1 aromatic carbocycles. The van der Waals surface area contributed by atoms with Gasteiger partial charge in [-0.15, -0.1) is 0 Å². The molecule has 0 unspecified atom stereocenters. The number of ether oxygens (including phenoxy) is 1. The number of nitrogen functional groups attached to an aromatic ring is 1. The SMILES string of the molecule is Nc1cccc(OCC2CCC2)c1Br. The molecule has 0 aliphatic heterocycles. The second-order valence-corrected chi connectivity index (χ2v) is 4.56.